The van der Waals surface area contributed by atoms with Gasteiger partial charge in [-0.1, -0.05) is 18.2 Å². The number of anilines is 1. The molecule has 0 bridgehead atoms. The number of nitrogens with zero attached hydrogens (tertiary/aromatic N) is 1. The van der Waals surface area contributed by atoms with Crippen LogP contribution in [0.15, 0.2) is 40.9 Å². The van der Waals surface area contributed by atoms with Crippen LogP contribution in [-0.4, -0.2) is 5.91 Å². The minimum absolute atomic E-state index is 0.0558. The molecule has 0 radical (unpaired) electrons. The highest BCUT2D eigenvalue weighted by atomic mass is 32.2. The van der Waals surface area contributed by atoms with E-state index in [0.29, 0.717) is 10.8 Å². The predicted molar refractivity (Wildman–Crippen MR) is 113 cm³/mol. The van der Waals surface area contributed by atoms with Crippen LogP contribution in [0.25, 0.3) is 0 Å². The number of hydrogen-bond donors (Lipinski definition) is 2. The van der Waals surface area contributed by atoms with E-state index in [-0.39, 0.29) is 5.57 Å². The maximum absolute atomic E-state index is 11.7. The molecule has 0 saturated carbocycles. The maximum atomic E-state index is 11.7. The second-order valence-electron chi connectivity index (χ2n) is 6.56. The lowest BCUT2D eigenvalue weighted by Crippen LogP contribution is -2.17. The van der Waals surface area contributed by atoms with Crippen molar-refractivity contribution in [1.29, 1.82) is 5.26 Å². The summed E-state index contributed by atoms with van der Waals surface area (Å²) in [5.74, 6) is -0.0825. The van der Waals surface area contributed by atoms with Gasteiger partial charge in [-0.3, -0.25) is 4.79 Å². The Balaban J connectivity index is 2.41. The normalized spacial score (nSPS) is 11.6. The van der Waals surface area contributed by atoms with Gasteiger partial charge in [0, 0.05) is 11.4 Å². The van der Waals surface area contributed by atoms with Crippen molar-refractivity contribution in [1.82, 2.24) is 0 Å². The quantitative estimate of drug-likeness (QED) is 0.558. The number of thioether (sulfide) groups is 1. The highest BCUT2D eigenvalue weighted by Crippen LogP contribution is 2.32. The van der Waals surface area contributed by atoms with Gasteiger partial charge in [-0.15, -0.1) is 11.8 Å². The number of nitrogens with two attached hydrogens (primary N) is 1. The standard InChI is InChI=1S/C22H25N3OS/c1-13-14(2)16(4)20(17(5)15(13)3)12-27-22(19(11-23)21(24)26)25-18-9-7-6-8-10-18/h6-10,25H,12H2,1-5H3,(H2,24,26)/b22-19-. The van der Waals surface area contributed by atoms with Crippen molar-refractivity contribution in [2.75, 3.05) is 5.32 Å². The van der Waals surface area contributed by atoms with Crippen molar-refractivity contribution in [3.63, 3.8) is 0 Å². The van der Waals surface area contributed by atoms with Gasteiger partial charge in [0.25, 0.3) is 5.91 Å². The molecular formula is C22H25N3OS. The van der Waals surface area contributed by atoms with Crippen LogP contribution in [0.4, 0.5) is 5.69 Å². The predicted octanol–water partition coefficient (Wildman–Crippen LogP) is 4.79. The van der Waals surface area contributed by atoms with E-state index in [9.17, 15) is 10.1 Å². The zero-order valence-electron chi connectivity index (χ0n) is 16.4. The van der Waals surface area contributed by atoms with Gasteiger partial charge in [0.05, 0.1) is 5.03 Å². The average Bonchev–Trinajstić information content (AvgIpc) is 2.65. The molecule has 5 heteroatoms. The van der Waals surface area contributed by atoms with Crippen LogP contribution in [0.1, 0.15) is 33.4 Å². The highest BCUT2D eigenvalue weighted by molar-refractivity contribution is 8.02. The summed E-state index contributed by atoms with van der Waals surface area (Å²) in [5.41, 5.74) is 13.8. The summed E-state index contributed by atoms with van der Waals surface area (Å²) in [6, 6.07) is 11.4. The zero-order chi connectivity index (χ0) is 20.1. The Kier molecular flexibility index (Phi) is 6.70. The van der Waals surface area contributed by atoms with E-state index in [1.165, 1.54) is 45.1 Å². The first-order chi connectivity index (χ1) is 12.8. The van der Waals surface area contributed by atoms with Crippen LogP contribution >= 0.6 is 11.8 Å². The van der Waals surface area contributed by atoms with Gasteiger partial charge in [-0.25, -0.2) is 0 Å². The van der Waals surface area contributed by atoms with Crippen LogP contribution in [0, 0.1) is 45.9 Å². The van der Waals surface area contributed by atoms with Crippen molar-refractivity contribution in [2.24, 2.45) is 5.73 Å². The fourth-order valence-corrected chi connectivity index (χ4v) is 4.18. The van der Waals surface area contributed by atoms with Gasteiger partial charge >= 0.3 is 0 Å². The van der Waals surface area contributed by atoms with Gasteiger partial charge < -0.3 is 11.1 Å². The summed E-state index contributed by atoms with van der Waals surface area (Å²) < 4.78 is 0. The minimum Gasteiger partial charge on any atom is -0.365 e. The molecule has 0 heterocycles. The lowest BCUT2D eigenvalue weighted by atomic mass is 9.90. The molecular weight excluding hydrogens is 354 g/mol. The monoisotopic (exact) mass is 379 g/mol. The number of benzene rings is 2. The average molecular weight is 380 g/mol. The van der Waals surface area contributed by atoms with Crippen molar-refractivity contribution in [3.05, 3.63) is 74.3 Å². The first-order valence-electron chi connectivity index (χ1n) is 8.72. The third-order valence-electron chi connectivity index (χ3n) is 5.13. The Bertz CT molecular complexity index is 911. The topological polar surface area (TPSA) is 78.9 Å². The number of primary amides is 1. The molecule has 27 heavy (non-hydrogen) atoms. The van der Waals surface area contributed by atoms with Crippen LogP contribution in [0.3, 0.4) is 0 Å². The van der Waals surface area contributed by atoms with E-state index in [2.05, 4.69) is 39.9 Å². The molecule has 2 aromatic carbocycles. The van der Waals surface area contributed by atoms with E-state index in [1.807, 2.05) is 36.4 Å². The Morgan fingerprint density at radius 1 is 1.00 bits per heavy atom. The fraction of sp³-hybridized carbons (Fsp3) is 0.273. The number of rotatable bonds is 6. The molecule has 2 rings (SSSR count). The number of nitriles is 1. The number of hydrogen-bond acceptors (Lipinski definition) is 4. The molecule has 0 aliphatic heterocycles. The van der Waals surface area contributed by atoms with Crippen LogP contribution in [0.2, 0.25) is 0 Å². The van der Waals surface area contributed by atoms with Gasteiger partial charge in [0.15, 0.2) is 0 Å². The molecule has 0 atom stereocenters. The summed E-state index contributed by atoms with van der Waals surface area (Å²) >= 11 is 1.43. The zero-order valence-corrected chi connectivity index (χ0v) is 17.3. The molecule has 0 unspecified atom stereocenters. The van der Waals surface area contributed by atoms with E-state index in [0.717, 1.165) is 5.69 Å². The van der Waals surface area contributed by atoms with E-state index in [4.69, 9.17) is 5.73 Å². The fourth-order valence-electron chi connectivity index (χ4n) is 2.98. The van der Waals surface area contributed by atoms with Gasteiger partial charge in [-0.2, -0.15) is 5.26 Å². The molecule has 0 aliphatic carbocycles. The molecule has 1 amide bonds. The number of nitrogens with one attached hydrogen (secondary N) is 1. The summed E-state index contributed by atoms with van der Waals surface area (Å²) in [6.45, 7) is 10.7. The van der Waals surface area contributed by atoms with Gasteiger partial charge in [-0.05, 0) is 80.1 Å². The van der Waals surface area contributed by atoms with Crippen LogP contribution in [0.5, 0.6) is 0 Å². The summed E-state index contributed by atoms with van der Waals surface area (Å²) in [4.78, 5) is 11.7. The lowest BCUT2D eigenvalue weighted by Gasteiger charge is -2.19. The first kappa shape index (κ1) is 20.6. The Morgan fingerprint density at radius 3 is 2.00 bits per heavy atom. The SMILES string of the molecule is Cc1c(C)c(C)c(CS/C(Nc2ccccc2)=C(/C#N)C(N)=O)c(C)c1C. The second kappa shape index (κ2) is 8.79. The Labute approximate surface area is 165 Å². The Hall–Kier alpha value is -2.71. The summed E-state index contributed by atoms with van der Waals surface area (Å²) in [6.07, 6.45) is 0. The van der Waals surface area contributed by atoms with Crippen LogP contribution in [-0.2, 0) is 10.5 Å². The first-order valence-corrected chi connectivity index (χ1v) is 9.71. The van der Waals surface area contributed by atoms with E-state index in [1.54, 1.807) is 0 Å². The Morgan fingerprint density at radius 2 is 1.52 bits per heavy atom. The minimum atomic E-state index is -0.729. The third-order valence-corrected chi connectivity index (χ3v) is 6.16. The summed E-state index contributed by atoms with van der Waals surface area (Å²) in [5, 5.41) is 13.1. The van der Waals surface area contributed by atoms with Crippen molar-refractivity contribution < 1.29 is 4.79 Å². The van der Waals surface area contributed by atoms with E-state index >= 15 is 0 Å². The van der Waals surface area contributed by atoms with Gasteiger partial charge in [0.1, 0.15) is 11.6 Å². The molecule has 0 saturated heterocycles. The lowest BCUT2D eigenvalue weighted by molar-refractivity contribution is -0.114. The third kappa shape index (κ3) is 4.53. The number of para-hydroxylation sites is 1. The number of amides is 1. The van der Waals surface area contributed by atoms with Crippen molar-refractivity contribution in [2.45, 2.75) is 40.4 Å². The smallest absolute Gasteiger partial charge is 0.262 e. The number of carbonyl (C=O) groups excluding carboxylic acids is 1. The molecule has 3 N–H and O–H groups in total. The highest BCUT2D eigenvalue weighted by Gasteiger charge is 2.17. The molecule has 0 spiro atoms. The largest absolute Gasteiger partial charge is 0.365 e. The molecule has 0 aromatic heterocycles. The van der Waals surface area contributed by atoms with Crippen molar-refractivity contribution in [3.8, 4) is 6.07 Å². The molecule has 4 nitrogen and oxygen atoms in total. The second-order valence-corrected chi connectivity index (χ2v) is 7.55. The van der Waals surface area contributed by atoms with Crippen LogP contribution < -0.4 is 11.1 Å². The molecule has 0 fully saturated rings. The number of carbonyl (C=O) groups is 1. The van der Waals surface area contributed by atoms with Gasteiger partial charge in [0.2, 0.25) is 0 Å². The molecule has 140 valence electrons. The van der Waals surface area contributed by atoms with E-state index < -0.39 is 5.91 Å². The molecule has 2 aromatic rings. The maximum Gasteiger partial charge on any atom is 0.262 e. The molecule has 0 aliphatic rings. The summed E-state index contributed by atoms with van der Waals surface area (Å²) in [7, 11) is 0. The van der Waals surface area contributed by atoms with Crippen molar-refractivity contribution >= 4 is 23.4 Å².